The van der Waals surface area contributed by atoms with Crippen molar-refractivity contribution in [3.63, 3.8) is 0 Å². The van der Waals surface area contributed by atoms with E-state index < -0.39 is 9.84 Å². The number of rotatable bonds is 3. The van der Waals surface area contributed by atoms with E-state index in [2.05, 4.69) is 5.32 Å². The Morgan fingerprint density at radius 2 is 1.48 bits per heavy atom. The van der Waals surface area contributed by atoms with Gasteiger partial charge in [0.2, 0.25) is 0 Å². The molecule has 2 aromatic rings. The molecular formula is C17H18N2O3S. The minimum atomic E-state index is -3.03. The lowest BCUT2D eigenvalue weighted by atomic mass is 10.2. The fraction of sp³-hybridized carbons (Fsp3) is 0.235. The van der Waals surface area contributed by atoms with Gasteiger partial charge in [-0.05, 0) is 30.7 Å². The molecule has 1 unspecified atom stereocenters. The first-order valence-corrected chi connectivity index (χ1v) is 9.28. The van der Waals surface area contributed by atoms with E-state index in [-0.39, 0.29) is 23.6 Å². The van der Waals surface area contributed by atoms with E-state index in [1.54, 1.807) is 4.90 Å². The first kappa shape index (κ1) is 15.6. The molecule has 23 heavy (non-hydrogen) atoms. The number of nitrogens with one attached hydrogen (secondary N) is 1. The minimum absolute atomic E-state index is 0.0101. The zero-order valence-electron chi connectivity index (χ0n) is 12.6. The quantitative estimate of drug-likeness (QED) is 0.941. The molecule has 2 aromatic carbocycles. The molecule has 0 saturated carbocycles. The third-order valence-electron chi connectivity index (χ3n) is 3.79. The third-order valence-corrected chi connectivity index (χ3v) is 5.56. The van der Waals surface area contributed by atoms with Crippen molar-refractivity contribution in [3.05, 3.63) is 60.7 Å². The highest BCUT2D eigenvalue weighted by Gasteiger charge is 2.30. The number of para-hydroxylation sites is 2. The number of hydrogen-bond acceptors (Lipinski definition) is 3. The normalized spacial score (nSPS) is 19.2. The van der Waals surface area contributed by atoms with Gasteiger partial charge in [-0.15, -0.1) is 0 Å². The molecule has 1 fully saturated rings. The van der Waals surface area contributed by atoms with Gasteiger partial charge in [0.25, 0.3) is 0 Å². The van der Waals surface area contributed by atoms with Gasteiger partial charge in [0.05, 0.1) is 22.9 Å². The molecule has 2 amide bonds. The van der Waals surface area contributed by atoms with Crippen molar-refractivity contribution in [2.75, 3.05) is 16.4 Å². The van der Waals surface area contributed by atoms with Gasteiger partial charge >= 0.3 is 6.03 Å². The van der Waals surface area contributed by atoms with Crippen LogP contribution in [0.15, 0.2) is 60.7 Å². The first-order valence-electron chi connectivity index (χ1n) is 7.46. The molecule has 1 aliphatic heterocycles. The van der Waals surface area contributed by atoms with Crippen molar-refractivity contribution >= 4 is 27.2 Å². The van der Waals surface area contributed by atoms with Crippen LogP contribution in [0.3, 0.4) is 0 Å². The Balaban J connectivity index is 1.85. The summed E-state index contributed by atoms with van der Waals surface area (Å²) in [4.78, 5) is 14.3. The number of nitrogens with zero attached hydrogens (tertiary/aromatic N) is 1. The van der Waals surface area contributed by atoms with E-state index in [1.165, 1.54) is 0 Å². The molecule has 0 radical (unpaired) electrons. The van der Waals surface area contributed by atoms with Gasteiger partial charge in [0.1, 0.15) is 0 Å². The predicted octanol–water partition coefficient (Wildman–Crippen LogP) is 2.72. The van der Waals surface area contributed by atoms with E-state index in [0.717, 1.165) is 11.4 Å². The molecule has 0 aromatic heterocycles. The first-order chi connectivity index (χ1) is 11.1. The van der Waals surface area contributed by atoms with Gasteiger partial charge < -0.3 is 5.32 Å². The van der Waals surface area contributed by atoms with Crippen LogP contribution < -0.4 is 10.2 Å². The Morgan fingerprint density at radius 3 is 1.91 bits per heavy atom. The van der Waals surface area contributed by atoms with Crippen LogP contribution in [0.4, 0.5) is 16.2 Å². The summed E-state index contributed by atoms with van der Waals surface area (Å²) >= 11 is 0. The highest BCUT2D eigenvalue weighted by Crippen LogP contribution is 2.25. The summed E-state index contributed by atoms with van der Waals surface area (Å²) < 4.78 is 23.1. The maximum Gasteiger partial charge on any atom is 0.326 e. The molecule has 1 N–H and O–H groups in total. The number of benzene rings is 2. The van der Waals surface area contributed by atoms with Crippen molar-refractivity contribution in [1.82, 2.24) is 5.32 Å². The van der Waals surface area contributed by atoms with Gasteiger partial charge in [-0.2, -0.15) is 0 Å². The smallest absolute Gasteiger partial charge is 0.326 e. The van der Waals surface area contributed by atoms with Crippen LogP contribution in [-0.2, 0) is 9.84 Å². The van der Waals surface area contributed by atoms with E-state index >= 15 is 0 Å². The number of sulfone groups is 1. The van der Waals surface area contributed by atoms with Crippen LogP contribution >= 0.6 is 0 Å². The van der Waals surface area contributed by atoms with Gasteiger partial charge in [0, 0.05) is 6.04 Å². The Kier molecular flexibility index (Phi) is 4.34. The molecule has 120 valence electrons. The lowest BCUT2D eigenvalue weighted by Gasteiger charge is -2.25. The summed E-state index contributed by atoms with van der Waals surface area (Å²) in [7, 11) is -3.03. The topological polar surface area (TPSA) is 66.5 Å². The number of anilines is 2. The number of carbonyl (C=O) groups excluding carboxylic acids is 1. The lowest BCUT2D eigenvalue weighted by molar-refractivity contribution is 0.246. The maximum absolute atomic E-state index is 12.7. The van der Waals surface area contributed by atoms with Crippen molar-refractivity contribution < 1.29 is 13.2 Å². The summed E-state index contributed by atoms with van der Waals surface area (Å²) in [6.07, 6.45) is 0.464. The average molecular weight is 330 g/mol. The van der Waals surface area contributed by atoms with Gasteiger partial charge in [-0.25, -0.2) is 13.2 Å². The molecule has 0 spiro atoms. The zero-order chi connectivity index (χ0) is 16.3. The molecule has 0 aliphatic carbocycles. The number of amides is 2. The molecule has 0 bridgehead atoms. The third kappa shape index (κ3) is 3.71. The van der Waals surface area contributed by atoms with E-state index in [9.17, 15) is 13.2 Å². The van der Waals surface area contributed by atoms with E-state index in [0.29, 0.717) is 6.42 Å². The fourth-order valence-electron chi connectivity index (χ4n) is 2.69. The predicted molar refractivity (Wildman–Crippen MR) is 90.6 cm³/mol. The minimum Gasteiger partial charge on any atom is -0.334 e. The van der Waals surface area contributed by atoms with Crippen molar-refractivity contribution in [2.24, 2.45) is 0 Å². The molecule has 3 rings (SSSR count). The summed E-state index contributed by atoms with van der Waals surface area (Å²) in [6, 6.07) is 17.9. The Hall–Kier alpha value is -2.34. The average Bonchev–Trinajstić information content (AvgIpc) is 2.88. The maximum atomic E-state index is 12.7. The summed E-state index contributed by atoms with van der Waals surface area (Å²) in [5.74, 6) is 0.144. The van der Waals surface area contributed by atoms with Crippen LogP contribution in [0, 0.1) is 0 Å². The number of urea groups is 1. The largest absolute Gasteiger partial charge is 0.334 e. The van der Waals surface area contributed by atoms with E-state index in [1.807, 2.05) is 60.7 Å². The van der Waals surface area contributed by atoms with Gasteiger partial charge in [-0.3, -0.25) is 4.90 Å². The standard InChI is InChI=1S/C17H18N2O3S/c20-17(18-14-11-12-23(21,22)13-14)19(15-7-3-1-4-8-15)16-9-5-2-6-10-16/h1-10,14H,11-13H2,(H,18,20). The summed E-state index contributed by atoms with van der Waals surface area (Å²) in [6.45, 7) is 0. The monoisotopic (exact) mass is 330 g/mol. The molecular weight excluding hydrogens is 312 g/mol. The van der Waals surface area contributed by atoms with Gasteiger partial charge in [0.15, 0.2) is 9.84 Å². The fourth-order valence-corrected chi connectivity index (χ4v) is 4.36. The molecule has 1 heterocycles. The van der Waals surface area contributed by atoms with E-state index in [4.69, 9.17) is 0 Å². The Morgan fingerprint density at radius 1 is 0.957 bits per heavy atom. The number of hydrogen-bond donors (Lipinski definition) is 1. The van der Waals surface area contributed by atoms with Crippen LogP contribution in [-0.4, -0.2) is 32.0 Å². The summed E-state index contributed by atoms with van der Waals surface area (Å²) in [5, 5.41) is 2.84. The lowest BCUT2D eigenvalue weighted by Crippen LogP contribution is -2.43. The zero-order valence-corrected chi connectivity index (χ0v) is 13.4. The molecule has 6 heteroatoms. The van der Waals surface area contributed by atoms with Crippen LogP contribution in [0.25, 0.3) is 0 Å². The second kappa shape index (κ2) is 6.42. The summed E-state index contributed by atoms with van der Waals surface area (Å²) in [5.41, 5.74) is 1.47. The Bertz CT molecular complexity index is 737. The second-order valence-corrected chi connectivity index (χ2v) is 7.78. The molecule has 5 nitrogen and oxygen atoms in total. The molecule has 1 aliphatic rings. The van der Waals surface area contributed by atoms with Crippen molar-refractivity contribution in [2.45, 2.75) is 12.5 Å². The van der Waals surface area contributed by atoms with Gasteiger partial charge in [-0.1, -0.05) is 36.4 Å². The highest BCUT2D eigenvalue weighted by atomic mass is 32.2. The highest BCUT2D eigenvalue weighted by molar-refractivity contribution is 7.91. The van der Waals surface area contributed by atoms with Crippen LogP contribution in [0.2, 0.25) is 0 Å². The van der Waals surface area contributed by atoms with Crippen LogP contribution in [0.1, 0.15) is 6.42 Å². The SMILES string of the molecule is O=C(NC1CCS(=O)(=O)C1)N(c1ccccc1)c1ccccc1. The second-order valence-electron chi connectivity index (χ2n) is 5.56. The van der Waals surface area contributed by atoms with Crippen LogP contribution in [0.5, 0.6) is 0 Å². The number of carbonyl (C=O) groups is 1. The van der Waals surface area contributed by atoms with Crippen molar-refractivity contribution in [1.29, 1.82) is 0 Å². The molecule has 1 saturated heterocycles. The van der Waals surface area contributed by atoms with Crippen molar-refractivity contribution in [3.8, 4) is 0 Å². The molecule has 1 atom stereocenters. The Labute approximate surface area is 135 Å².